The summed E-state index contributed by atoms with van der Waals surface area (Å²) in [5.41, 5.74) is 10.0. The average Bonchev–Trinajstić information content (AvgIpc) is 2.72. The highest BCUT2D eigenvalue weighted by molar-refractivity contribution is 7.52. The van der Waals surface area contributed by atoms with Gasteiger partial charge in [-0.3, -0.25) is 4.57 Å². The fraction of sp³-hybridized carbons (Fsp3) is 1.00. The zero-order valence-corrected chi connectivity index (χ0v) is 10.5. The summed E-state index contributed by atoms with van der Waals surface area (Å²) in [7, 11) is -3.71. The number of hydrogen-bond donors (Lipinski definition) is 5. The molecule has 98 valence electrons. The first-order valence-electron chi connectivity index (χ1n) is 5.68. The van der Waals surface area contributed by atoms with E-state index in [0.717, 1.165) is 25.9 Å². The van der Waals surface area contributed by atoms with Gasteiger partial charge in [-0.2, -0.15) is 0 Å². The first-order valence-corrected chi connectivity index (χ1v) is 7.36. The third-order valence-electron chi connectivity index (χ3n) is 2.44. The van der Waals surface area contributed by atoms with Gasteiger partial charge in [0.25, 0.3) is 0 Å². The van der Waals surface area contributed by atoms with Crippen LogP contribution in [0.15, 0.2) is 0 Å². The third-order valence-corrected chi connectivity index (χ3v) is 3.91. The predicted octanol–water partition coefficient (Wildman–Crippen LogP) is -0.400. The molecule has 1 saturated carbocycles. The monoisotopic (exact) mass is 253 g/mol. The fourth-order valence-corrected chi connectivity index (χ4v) is 2.61. The summed E-state index contributed by atoms with van der Waals surface area (Å²) in [4.78, 5) is 17.3. The van der Waals surface area contributed by atoms with Crippen LogP contribution in [0.5, 0.6) is 0 Å². The Labute approximate surface area is 96.9 Å². The Hall–Kier alpha value is 0.0300. The number of nitrogens with one attached hydrogen (secondary N) is 1. The molecule has 0 radical (unpaired) electrons. The molecular weight excluding hydrogens is 229 g/mol. The summed E-state index contributed by atoms with van der Waals surface area (Å²) in [6.45, 7) is 3.13. The summed E-state index contributed by atoms with van der Waals surface area (Å²) in [6.07, 6.45) is 3.39. The molecule has 0 bridgehead atoms. The lowest BCUT2D eigenvalue weighted by Gasteiger charge is -2.09. The van der Waals surface area contributed by atoms with Crippen molar-refractivity contribution in [1.29, 1.82) is 0 Å². The van der Waals surface area contributed by atoms with E-state index in [4.69, 9.17) is 21.3 Å². The fourth-order valence-electron chi connectivity index (χ4n) is 1.57. The van der Waals surface area contributed by atoms with Crippen molar-refractivity contribution in [3.8, 4) is 0 Å². The van der Waals surface area contributed by atoms with Crippen LogP contribution in [0.25, 0.3) is 0 Å². The van der Waals surface area contributed by atoms with Gasteiger partial charge in [-0.05, 0) is 12.8 Å². The highest BCUT2D eigenvalue weighted by Gasteiger charge is 2.30. The Kier molecular flexibility index (Phi) is 9.12. The van der Waals surface area contributed by atoms with E-state index < -0.39 is 7.60 Å². The molecule has 0 aromatic carbocycles. The topological polar surface area (TPSA) is 122 Å². The van der Waals surface area contributed by atoms with Gasteiger partial charge in [0.2, 0.25) is 0 Å². The van der Waals surface area contributed by atoms with E-state index >= 15 is 0 Å². The molecule has 1 aliphatic carbocycles. The van der Waals surface area contributed by atoms with Crippen molar-refractivity contribution in [1.82, 2.24) is 5.32 Å². The Morgan fingerprint density at radius 3 is 1.81 bits per heavy atom. The van der Waals surface area contributed by atoms with Crippen molar-refractivity contribution < 1.29 is 14.4 Å². The molecule has 1 aliphatic rings. The second kappa shape index (κ2) is 9.10. The highest BCUT2D eigenvalue weighted by Crippen LogP contribution is 2.48. The first kappa shape index (κ1) is 16.0. The Balaban J connectivity index is 0.000000293. The van der Waals surface area contributed by atoms with Crippen LogP contribution in [0.4, 0.5) is 0 Å². The number of nitrogens with two attached hydrogens (primary N) is 2. The predicted molar refractivity (Wildman–Crippen MR) is 65.3 cm³/mol. The van der Waals surface area contributed by atoms with Gasteiger partial charge in [0.15, 0.2) is 0 Å². The molecule has 0 atom stereocenters. The van der Waals surface area contributed by atoms with E-state index in [-0.39, 0.29) is 5.66 Å². The summed E-state index contributed by atoms with van der Waals surface area (Å²) in [5, 5.41) is 3.03. The Bertz CT molecular complexity index is 200. The lowest BCUT2D eigenvalue weighted by molar-refractivity contribution is 0.358. The zero-order valence-electron chi connectivity index (χ0n) is 9.64. The van der Waals surface area contributed by atoms with Crippen molar-refractivity contribution >= 4 is 7.60 Å². The smallest absolute Gasteiger partial charge is 0.328 e. The van der Waals surface area contributed by atoms with Gasteiger partial charge >= 0.3 is 7.60 Å². The van der Waals surface area contributed by atoms with Crippen molar-refractivity contribution in [2.24, 2.45) is 11.5 Å². The maximum Gasteiger partial charge on any atom is 0.328 e. The molecule has 0 aromatic heterocycles. The Morgan fingerprint density at radius 1 is 1.12 bits per heavy atom. The molecule has 0 aromatic rings. The maximum absolute atomic E-state index is 10.5. The van der Waals surface area contributed by atoms with Gasteiger partial charge in [-0.1, -0.05) is 12.8 Å². The minimum absolute atomic E-state index is 0.322. The van der Waals surface area contributed by atoms with Crippen LogP contribution < -0.4 is 16.8 Å². The van der Waals surface area contributed by atoms with Crippen LogP contribution in [0.3, 0.4) is 0 Å². The molecular formula is C9H24N3O3P. The number of hydrogen-bond acceptors (Lipinski definition) is 4. The molecule has 0 heterocycles. The van der Waals surface area contributed by atoms with Crippen molar-refractivity contribution in [3.63, 3.8) is 0 Å². The molecule has 7 N–H and O–H groups in total. The summed E-state index contributed by atoms with van der Waals surface area (Å²) < 4.78 is 10.5. The van der Waals surface area contributed by atoms with E-state index in [9.17, 15) is 4.57 Å². The largest absolute Gasteiger partial charge is 0.329 e. The Morgan fingerprint density at radius 2 is 1.56 bits per heavy atom. The van der Waals surface area contributed by atoms with Crippen molar-refractivity contribution in [3.05, 3.63) is 0 Å². The second-order valence-corrected chi connectivity index (χ2v) is 5.76. The standard InChI is InChI=1S/C5H11O3P.C4H13N3/c6-9(7,8)5-3-1-2-4-5;5-1-3-7-4-2-6/h5H,1-4H2,(H2,6,7,8);7H,1-6H2. The maximum atomic E-state index is 10.5. The molecule has 0 unspecified atom stereocenters. The van der Waals surface area contributed by atoms with E-state index in [1.54, 1.807) is 0 Å². The van der Waals surface area contributed by atoms with E-state index in [2.05, 4.69) is 5.32 Å². The van der Waals surface area contributed by atoms with E-state index in [1.165, 1.54) is 0 Å². The molecule has 7 heteroatoms. The number of rotatable bonds is 5. The minimum atomic E-state index is -3.71. The normalized spacial score (nSPS) is 17.0. The first-order chi connectivity index (χ1) is 7.52. The van der Waals surface area contributed by atoms with Crippen molar-refractivity contribution in [2.75, 3.05) is 26.2 Å². The summed E-state index contributed by atoms with van der Waals surface area (Å²) in [6, 6.07) is 0. The molecule has 16 heavy (non-hydrogen) atoms. The van der Waals surface area contributed by atoms with E-state index in [1.807, 2.05) is 0 Å². The molecule has 1 fully saturated rings. The SMILES string of the molecule is NCCNCCN.O=P(O)(O)C1CCCC1. The van der Waals surface area contributed by atoms with Crippen LogP contribution >= 0.6 is 7.60 Å². The van der Waals surface area contributed by atoms with Gasteiger partial charge in [-0.15, -0.1) is 0 Å². The van der Waals surface area contributed by atoms with E-state index in [0.29, 0.717) is 25.9 Å². The second-order valence-electron chi connectivity index (χ2n) is 3.85. The van der Waals surface area contributed by atoms with Crippen LogP contribution in [0.1, 0.15) is 25.7 Å². The van der Waals surface area contributed by atoms with Gasteiger partial charge in [0, 0.05) is 26.2 Å². The van der Waals surface area contributed by atoms with Crippen LogP contribution in [0.2, 0.25) is 0 Å². The van der Waals surface area contributed by atoms with Gasteiger partial charge in [-0.25, -0.2) is 0 Å². The van der Waals surface area contributed by atoms with Gasteiger partial charge in [0.1, 0.15) is 0 Å². The summed E-state index contributed by atoms with van der Waals surface area (Å²) in [5.74, 6) is 0. The molecule has 6 nitrogen and oxygen atoms in total. The lowest BCUT2D eigenvalue weighted by Crippen LogP contribution is -2.27. The van der Waals surface area contributed by atoms with Gasteiger partial charge in [0.05, 0.1) is 5.66 Å². The summed E-state index contributed by atoms with van der Waals surface area (Å²) >= 11 is 0. The molecule has 1 rings (SSSR count). The average molecular weight is 253 g/mol. The highest BCUT2D eigenvalue weighted by atomic mass is 31.2. The molecule has 0 amide bonds. The van der Waals surface area contributed by atoms with Crippen LogP contribution in [-0.4, -0.2) is 41.6 Å². The molecule has 0 spiro atoms. The molecule has 0 saturated heterocycles. The minimum Gasteiger partial charge on any atom is -0.329 e. The van der Waals surface area contributed by atoms with Crippen LogP contribution in [-0.2, 0) is 4.57 Å². The van der Waals surface area contributed by atoms with Crippen LogP contribution in [0, 0.1) is 0 Å². The third kappa shape index (κ3) is 8.21. The quantitative estimate of drug-likeness (QED) is 0.336. The molecule has 0 aliphatic heterocycles. The van der Waals surface area contributed by atoms with Gasteiger partial charge < -0.3 is 26.6 Å². The zero-order chi connectivity index (χ0) is 12.4. The van der Waals surface area contributed by atoms with Crippen molar-refractivity contribution in [2.45, 2.75) is 31.3 Å². The lowest BCUT2D eigenvalue weighted by atomic mass is 10.4.